The molecule has 7 nitrogen and oxygen atoms in total. The Morgan fingerprint density at radius 3 is 2.42 bits per heavy atom. The van der Waals surface area contributed by atoms with Crippen molar-refractivity contribution in [3.8, 4) is 0 Å². The van der Waals surface area contributed by atoms with Crippen molar-refractivity contribution in [2.24, 2.45) is 9.98 Å². The van der Waals surface area contributed by atoms with Crippen molar-refractivity contribution in [1.82, 2.24) is 19.8 Å². The Hall–Kier alpha value is -2.85. The molecule has 31 heavy (non-hydrogen) atoms. The van der Waals surface area contributed by atoms with Gasteiger partial charge in [-0.15, -0.1) is 0 Å². The summed E-state index contributed by atoms with van der Waals surface area (Å²) in [6.07, 6.45) is -2.95. The highest BCUT2D eigenvalue weighted by atomic mass is 19.4. The third-order valence-electron chi connectivity index (χ3n) is 5.39. The summed E-state index contributed by atoms with van der Waals surface area (Å²) in [6, 6.07) is 6.21. The molecule has 0 radical (unpaired) electrons. The van der Waals surface area contributed by atoms with Crippen LogP contribution in [0.4, 0.5) is 13.2 Å². The van der Waals surface area contributed by atoms with Crippen LogP contribution in [0.1, 0.15) is 25.5 Å². The van der Waals surface area contributed by atoms with Crippen LogP contribution in [0, 0.1) is 0 Å². The molecular weight excluding hydrogens is 409 g/mol. The van der Waals surface area contributed by atoms with E-state index >= 15 is 0 Å². The van der Waals surface area contributed by atoms with Gasteiger partial charge in [-0.3, -0.25) is 14.9 Å². The summed E-state index contributed by atoms with van der Waals surface area (Å²) in [5, 5.41) is 9.28. The van der Waals surface area contributed by atoms with Crippen LogP contribution in [0.15, 0.2) is 52.4 Å². The molecule has 3 rings (SSSR count). The molecule has 1 N–H and O–H groups in total. The van der Waals surface area contributed by atoms with E-state index in [1.54, 1.807) is 12.4 Å². The predicted molar refractivity (Wildman–Crippen MR) is 114 cm³/mol. The molecule has 0 saturated carbocycles. The summed E-state index contributed by atoms with van der Waals surface area (Å²) >= 11 is 0. The maximum atomic E-state index is 12.6. The van der Waals surface area contributed by atoms with E-state index in [1.807, 2.05) is 23.1 Å². The van der Waals surface area contributed by atoms with Crippen molar-refractivity contribution in [2.75, 3.05) is 26.2 Å². The molecule has 1 aromatic carbocycles. The first-order valence-electron chi connectivity index (χ1n) is 9.86. The molecule has 166 valence electrons. The third-order valence-corrected chi connectivity index (χ3v) is 5.39. The van der Waals surface area contributed by atoms with Crippen LogP contribution in [0.5, 0.6) is 0 Å². The van der Waals surface area contributed by atoms with E-state index in [4.69, 9.17) is 0 Å². The number of aliphatic imine (C=N–C) groups is 2. The molecule has 1 aliphatic rings. The molecule has 0 amide bonds. The van der Waals surface area contributed by atoms with Crippen LogP contribution in [0.25, 0.3) is 11.0 Å². The van der Waals surface area contributed by atoms with Gasteiger partial charge < -0.3 is 10.0 Å². The number of rotatable bonds is 4. The Morgan fingerprint density at radius 2 is 1.81 bits per heavy atom. The molecule has 2 atom stereocenters. The predicted octanol–water partition coefficient (Wildman–Crippen LogP) is 3.19. The molecule has 2 aromatic rings. The molecular formula is C21H25F3N6O. The first-order valence-corrected chi connectivity index (χ1v) is 9.86. The Balaban J connectivity index is 1.64. The topological polar surface area (TPSA) is 77.2 Å². The van der Waals surface area contributed by atoms with Gasteiger partial charge in [-0.05, 0) is 43.8 Å². The van der Waals surface area contributed by atoms with E-state index in [9.17, 15) is 18.3 Å². The molecule has 0 bridgehead atoms. The largest absolute Gasteiger partial charge is 0.418 e. The van der Waals surface area contributed by atoms with E-state index in [1.165, 1.54) is 6.92 Å². The minimum atomic E-state index is -4.73. The number of aromatic nitrogens is 2. The maximum Gasteiger partial charge on any atom is 0.418 e. The number of hydrogen-bond acceptors (Lipinski definition) is 5. The molecule has 10 heteroatoms. The number of hydrogen-bond donors (Lipinski definition) is 1. The lowest BCUT2D eigenvalue weighted by Crippen LogP contribution is -2.48. The molecule has 0 spiro atoms. The average Bonchev–Trinajstić information content (AvgIpc) is 2.77. The summed E-state index contributed by atoms with van der Waals surface area (Å²) in [5.74, 6) is 0.238. The number of nitrogens with zero attached hydrogens (tertiary/aromatic N) is 6. The zero-order chi connectivity index (χ0) is 22.6. The van der Waals surface area contributed by atoms with E-state index in [2.05, 4.69) is 38.5 Å². The number of guanidine groups is 1. The standard InChI is InChI=1S/C21H25F3N6O/c1-14(19(31)21(22,23)24)13-28-20(25-3)30-10-8-29(9-11-30)15(2)16-4-5-17-18(12-16)27-7-6-26-17/h4-7,12-13,15,19,31H,3,8-11H2,1-2H3/b14-13+,28-20?. The van der Waals surface area contributed by atoms with Gasteiger partial charge in [-0.1, -0.05) is 6.07 Å². The fraction of sp³-hybridized carbons (Fsp3) is 0.429. The second-order valence-electron chi connectivity index (χ2n) is 7.41. The van der Waals surface area contributed by atoms with Gasteiger partial charge in [0.25, 0.3) is 0 Å². The van der Waals surface area contributed by atoms with Gasteiger partial charge in [-0.25, -0.2) is 9.98 Å². The summed E-state index contributed by atoms with van der Waals surface area (Å²) < 4.78 is 37.8. The molecule has 2 unspecified atom stereocenters. The normalized spacial score (nSPS) is 18.8. The highest BCUT2D eigenvalue weighted by Gasteiger charge is 2.39. The van der Waals surface area contributed by atoms with Crippen molar-refractivity contribution < 1.29 is 18.3 Å². The van der Waals surface area contributed by atoms with Crippen LogP contribution < -0.4 is 0 Å². The number of aliphatic hydroxyl groups is 1. The minimum Gasteiger partial charge on any atom is -0.379 e. The lowest BCUT2D eigenvalue weighted by atomic mass is 10.1. The number of fused-ring (bicyclic) bond motifs is 1. The summed E-state index contributed by atoms with van der Waals surface area (Å²) in [4.78, 5) is 20.7. The Bertz CT molecular complexity index is 982. The molecule has 1 saturated heterocycles. The lowest BCUT2D eigenvalue weighted by Gasteiger charge is -2.38. The summed E-state index contributed by atoms with van der Waals surface area (Å²) in [5.41, 5.74) is 2.52. The van der Waals surface area contributed by atoms with Crippen molar-refractivity contribution in [2.45, 2.75) is 32.2 Å². The van der Waals surface area contributed by atoms with E-state index in [-0.39, 0.29) is 17.6 Å². The molecule has 1 aromatic heterocycles. The average molecular weight is 434 g/mol. The molecule has 2 heterocycles. The number of aliphatic hydroxyl groups excluding tert-OH is 1. The minimum absolute atomic E-state index is 0.162. The van der Waals surface area contributed by atoms with Gasteiger partial charge in [0, 0.05) is 50.8 Å². The van der Waals surface area contributed by atoms with Crippen LogP contribution in [-0.2, 0) is 0 Å². The van der Waals surface area contributed by atoms with Crippen molar-refractivity contribution in [3.05, 3.63) is 47.9 Å². The number of halogens is 3. The Labute approximate surface area is 178 Å². The van der Waals surface area contributed by atoms with Crippen molar-refractivity contribution in [1.29, 1.82) is 0 Å². The van der Waals surface area contributed by atoms with Crippen LogP contribution >= 0.6 is 0 Å². The summed E-state index contributed by atoms with van der Waals surface area (Å²) in [7, 11) is 0. The molecule has 1 fully saturated rings. The molecule has 0 aliphatic carbocycles. The maximum absolute atomic E-state index is 12.6. The van der Waals surface area contributed by atoms with E-state index in [0.717, 1.165) is 35.9 Å². The van der Waals surface area contributed by atoms with Gasteiger partial charge in [0.15, 0.2) is 6.10 Å². The van der Waals surface area contributed by atoms with Gasteiger partial charge >= 0.3 is 6.18 Å². The smallest absolute Gasteiger partial charge is 0.379 e. The van der Waals surface area contributed by atoms with Crippen molar-refractivity contribution >= 4 is 23.7 Å². The lowest BCUT2D eigenvalue weighted by molar-refractivity contribution is -0.191. The van der Waals surface area contributed by atoms with Crippen LogP contribution in [-0.4, -0.2) is 76.0 Å². The molecule has 1 aliphatic heterocycles. The third kappa shape index (κ3) is 5.45. The van der Waals surface area contributed by atoms with Gasteiger partial charge in [0.2, 0.25) is 5.96 Å². The highest BCUT2D eigenvalue weighted by molar-refractivity contribution is 5.84. The fourth-order valence-electron chi connectivity index (χ4n) is 3.47. The second kappa shape index (κ2) is 9.52. The van der Waals surface area contributed by atoms with E-state index < -0.39 is 12.3 Å². The Kier molecular flexibility index (Phi) is 7.01. The first kappa shape index (κ1) is 22.8. The van der Waals surface area contributed by atoms with Gasteiger partial charge in [0.1, 0.15) is 0 Å². The number of benzene rings is 1. The number of alkyl halides is 3. The Morgan fingerprint density at radius 1 is 1.16 bits per heavy atom. The highest BCUT2D eigenvalue weighted by Crippen LogP contribution is 2.26. The number of piperazine rings is 1. The SMILES string of the molecule is C=NC(=N/C=C(\C)C(O)C(F)(F)F)N1CCN(C(C)c2ccc3nccnc3c2)CC1. The quantitative estimate of drug-likeness (QED) is 0.591. The van der Waals surface area contributed by atoms with E-state index in [0.29, 0.717) is 13.1 Å². The van der Waals surface area contributed by atoms with Gasteiger partial charge in [0.05, 0.1) is 11.0 Å². The van der Waals surface area contributed by atoms with Gasteiger partial charge in [-0.2, -0.15) is 13.2 Å². The zero-order valence-electron chi connectivity index (χ0n) is 17.4. The fourth-order valence-corrected chi connectivity index (χ4v) is 3.47. The van der Waals surface area contributed by atoms with Crippen molar-refractivity contribution in [3.63, 3.8) is 0 Å². The second-order valence-corrected chi connectivity index (χ2v) is 7.41. The van der Waals surface area contributed by atoms with Crippen LogP contribution in [0.2, 0.25) is 0 Å². The first-order chi connectivity index (χ1) is 14.7. The monoisotopic (exact) mass is 434 g/mol. The summed E-state index contributed by atoms with van der Waals surface area (Å²) in [6.45, 7) is 9.43. The van der Waals surface area contributed by atoms with Crippen LogP contribution in [0.3, 0.4) is 0 Å². The zero-order valence-corrected chi connectivity index (χ0v) is 17.4.